The molecule has 2 aliphatic rings. The number of carboxylic acid groups (broad SMARTS) is 1. The molecule has 2 aromatic rings. The van der Waals surface area contributed by atoms with Crippen molar-refractivity contribution in [2.45, 2.75) is 37.5 Å². The van der Waals surface area contributed by atoms with Gasteiger partial charge >= 0.3 is 5.97 Å². The van der Waals surface area contributed by atoms with Crippen LogP contribution in [0, 0.1) is 0 Å². The summed E-state index contributed by atoms with van der Waals surface area (Å²) in [5, 5.41) is 12.7. The Labute approximate surface area is 200 Å². The van der Waals surface area contributed by atoms with Crippen LogP contribution in [0.5, 0.6) is 11.5 Å². The van der Waals surface area contributed by atoms with Crippen molar-refractivity contribution < 1.29 is 28.8 Å². The molecule has 0 spiro atoms. The molecule has 8 heteroatoms. The zero-order valence-corrected chi connectivity index (χ0v) is 19.9. The molecule has 0 unspecified atom stereocenters. The van der Waals surface area contributed by atoms with E-state index in [1.165, 1.54) is 0 Å². The monoisotopic (exact) mass is 470 g/mol. The van der Waals surface area contributed by atoms with Gasteiger partial charge in [-0.1, -0.05) is 18.2 Å². The highest BCUT2D eigenvalue weighted by atomic mass is 16.5. The first kappa shape index (κ1) is 24.3. The lowest BCUT2D eigenvalue weighted by Gasteiger charge is -2.36. The minimum absolute atomic E-state index is 0.0280. The van der Waals surface area contributed by atoms with E-state index < -0.39 is 12.0 Å². The zero-order valence-electron chi connectivity index (χ0n) is 19.9. The summed E-state index contributed by atoms with van der Waals surface area (Å²) in [7, 11) is 3.36. The third-order valence-corrected chi connectivity index (χ3v) is 6.57. The second kappa shape index (κ2) is 11.6. The molecule has 3 atom stereocenters. The maximum absolute atomic E-state index is 11.6. The van der Waals surface area contributed by atoms with Crippen LogP contribution in [0.1, 0.15) is 29.9 Å². The van der Waals surface area contributed by atoms with E-state index in [-0.39, 0.29) is 12.0 Å². The molecule has 2 N–H and O–H groups in total. The highest BCUT2D eigenvalue weighted by Gasteiger charge is 2.35. The quantitative estimate of drug-likeness (QED) is 0.512. The van der Waals surface area contributed by atoms with Crippen molar-refractivity contribution in [2.75, 3.05) is 52.0 Å². The number of benzene rings is 2. The lowest BCUT2D eigenvalue weighted by atomic mass is 9.84. The SMILES string of the molecule is COCCCN1CCOc2ccc(CO[C@H]3CN[C@H](C(=O)O)C[C@@H]3c3ccc(OC)cc3)cc21. The molecular formula is C26H34N2O6. The number of methoxy groups -OCH3 is 2. The number of aliphatic carboxylic acids is 1. The van der Waals surface area contributed by atoms with Crippen molar-refractivity contribution in [2.24, 2.45) is 0 Å². The first-order valence-electron chi connectivity index (χ1n) is 11.8. The van der Waals surface area contributed by atoms with Crippen molar-refractivity contribution in [1.29, 1.82) is 0 Å². The number of ether oxygens (including phenoxy) is 4. The third kappa shape index (κ3) is 5.81. The first-order valence-corrected chi connectivity index (χ1v) is 11.8. The Bertz CT molecular complexity index is 951. The molecule has 2 aromatic carbocycles. The van der Waals surface area contributed by atoms with Gasteiger partial charge in [0.1, 0.15) is 24.1 Å². The minimum Gasteiger partial charge on any atom is -0.497 e. The number of nitrogens with one attached hydrogen (secondary N) is 1. The number of piperidine rings is 1. The van der Waals surface area contributed by atoms with Crippen LogP contribution in [0.2, 0.25) is 0 Å². The summed E-state index contributed by atoms with van der Waals surface area (Å²) in [6.45, 7) is 4.09. The van der Waals surface area contributed by atoms with Gasteiger partial charge in [0.25, 0.3) is 0 Å². The molecular weight excluding hydrogens is 436 g/mol. The van der Waals surface area contributed by atoms with E-state index in [9.17, 15) is 9.90 Å². The van der Waals surface area contributed by atoms with Crippen LogP contribution in [-0.2, 0) is 20.9 Å². The average molecular weight is 471 g/mol. The zero-order chi connectivity index (χ0) is 23.9. The van der Waals surface area contributed by atoms with Crippen LogP contribution in [0.3, 0.4) is 0 Å². The van der Waals surface area contributed by atoms with E-state index in [2.05, 4.69) is 16.3 Å². The van der Waals surface area contributed by atoms with E-state index >= 15 is 0 Å². The van der Waals surface area contributed by atoms with Crippen LogP contribution < -0.4 is 19.7 Å². The molecule has 0 bridgehead atoms. The largest absolute Gasteiger partial charge is 0.497 e. The second-order valence-electron chi connectivity index (χ2n) is 8.75. The van der Waals surface area contributed by atoms with Crippen LogP contribution >= 0.6 is 0 Å². The fourth-order valence-electron chi connectivity index (χ4n) is 4.70. The predicted molar refractivity (Wildman–Crippen MR) is 129 cm³/mol. The molecule has 0 amide bonds. The van der Waals surface area contributed by atoms with Gasteiger partial charge in [0.2, 0.25) is 0 Å². The Morgan fingerprint density at radius 2 is 2.03 bits per heavy atom. The van der Waals surface area contributed by atoms with E-state index in [4.69, 9.17) is 18.9 Å². The molecule has 0 saturated carbocycles. The van der Waals surface area contributed by atoms with Crippen molar-refractivity contribution in [1.82, 2.24) is 5.32 Å². The third-order valence-electron chi connectivity index (χ3n) is 6.57. The van der Waals surface area contributed by atoms with Gasteiger partial charge in [-0.05, 0) is 48.2 Å². The number of rotatable bonds is 10. The van der Waals surface area contributed by atoms with Crippen LogP contribution in [0.15, 0.2) is 42.5 Å². The summed E-state index contributed by atoms with van der Waals surface area (Å²) in [4.78, 5) is 14.0. The van der Waals surface area contributed by atoms with Gasteiger partial charge in [-0.3, -0.25) is 4.79 Å². The van der Waals surface area contributed by atoms with Gasteiger partial charge in [-0.25, -0.2) is 0 Å². The van der Waals surface area contributed by atoms with E-state index in [1.807, 2.05) is 36.4 Å². The van der Waals surface area contributed by atoms with Gasteiger partial charge in [-0.2, -0.15) is 0 Å². The normalized spacial score (nSPS) is 22.1. The topological polar surface area (TPSA) is 89.5 Å². The van der Waals surface area contributed by atoms with Gasteiger partial charge < -0.3 is 34.3 Å². The first-order chi connectivity index (χ1) is 16.6. The summed E-state index contributed by atoms with van der Waals surface area (Å²) in [5.74, 6) is 0.809. The molecule has 2 heterocycles. The van der Waals surface area contributed by atoms with E-state index in [1.54, 1.807) is 14.2 Å². The average Bonchev–Trinajstić information content (AvgIpc) is 2.87. The standard InChI is InChI=1S/C26H34N2O6/c1-31-12-3-10-28-11-13-33-24-9-4-18(14-23(24)28)17-34-25-16-27-22(26(29)30)15-21(25)19-5-7-20(32-2)8-6-19/h4-9,14,21-22,25,27H,3,10-13,15-17H2,1-2H3,(H,29,30)/t21-,22+,25+/m1/s1. The molecule has 0 aliphatic carbocycles. The van der Waals surface area contributed by atoms with Crippen molar-refractivity contribution in [3.63, 3.8) is 0 Å². The molecule has 4 rings (SSSR count). The van der Waals surface area contributed by atoms with Crippen LogP contribution in [0.4, 0.5) is 5.69 Å². The molecule has 2 aliphatic heterocycles. The number of hydrogen-bond donors (Lipinski definition) is 2. The lowest BCUT2D eigenvalue weighted by Crippen LogP contribution is -2.50. The van der Waals surface area contributed by atoms with Gasteiger partial charge in [0.15, 0.2) is 0 Å². The van der Waals surface area contributed by atoms with E-state index in [0.717, 1.165) is 54.4 Å². The predicted octanol–water partition coefficient (Wildman–Crippen LogP) is 3.05. The number of hydrogen-bond acceptors (Lipinski definition) is 7. The maximum Gasteiger partial charge on any atom is 0.320 e. The Morgan fingerprint density at radius 3 is 2.76 bits per heavy atom. The minimum atomic E-state index is -0.833. The summed E-state index contributed by atoms with van der Waals surface area (Å²) >= 11 is 0. The Kier molecular flexibility index (Phi) is 8.26. The van der Waals surface area contributed by atoms with Crippen molar-refractivity contribution >= 4 is 11.7 Å². The van der Waals surface area contributed by atoms with Gasteiger partial charge in [0.05, 0.1) is 32.1 Å². The number of fused-ring (bicyclic) bond motifs is 1. The van der Waals surface area contributed by atoms with Crippen LogP contribution in [-0.4, -0.2) is 70.3 Å². The Hall–Kier alpha value is -2.81. The van der Waals surface area contributed by atoms with Gasteiger partial charge in [0, 0.05) is 32.7 Å². The smallest absolute Gasteiger partial charge is 0.320 e. The lowest BCUT2D eigenvalue weighted by molar-refractivity contribution is -0.141. The molecule has 0 radical (unpaired) electrons. The fourth-order valence-corrected chi connectivity index (χ4v) is 4.70. The highest BCUT2D eigenvalue weighted by Crippen LogP contribution is 2.35. The van der Waals surface area contributed by atoms with E-state index in [0.29, 0.717) is 26.2 Å². The summed E-state index contributed by atoms with van der Waals surface area (Å²) in [6.07, 6.45) is 1.28. The second-order valence-corrected chi connectivity index (χ2v) is 8.75. The summed E-state index contributed by atoms with van der Waals surface area (Å²) < 4.78 is 22.7. The van der Waals surface area contributed by atoms with Gasteiger partial charge in [-0.15, -0.1) is 0 Å². The highest BCUT2D eigenvalue weighted by molar-refractivity contribution is 5.73. The molecule has 8 nitrogen and oxygen atoms in total. The maximum atomic E-state index is 11.6. The number of carbonyl (C=O) groups is 1. The van der Waals surface area contributed by atoms with Crippen molar-refractivity contribution in [3.8, 4) is 11.5 Å². The van der Waals surface area contributed by atoms with Crippen LogP contribution in [0.25, 0.3) is 0 Å². The number of carboxylic acids is 1. The molecule has 34 heavy (non-hydrogen) atoms. The fraction of sp³-hybridized carbons (Fsp3) is 0.500. The summed E-state index contributed by atoms with van der Waals surface area (Å²) in [6, 6.07) is 13.4. The number of nitrogens with zero attached hydrogens (tertiary/aromatic N) is 1. The molecule has 1 fully saturated rings. The number of anilines is 1. The van der Waals surface area contributed by atoms with Crippen molar-refractivity contribution in [3.05, 3.63) is 53.6 Å². The molecule has 184 valence electrons. The molecule has 0 aromatic heterocycles. The molecule has 1 saturated heterocycles. The summed E-state index contributed by atoms with van der Waals surface area (Å²) in [5.41, 5.74) is 3.21. The Balaban J connectivity index is 1.46. The Morgan fingerprint density at radius 1 is 1.21 bits per heavy atom.